The van der Waals surface area contributed by atoms with Gasteiger partial charge in [0.05, 0.1) is 11.2 Å². The van der Waals surface area contributed by atoms with Crippen LogP contribution in [0.25, 0.3) is 0 Å². The van der Waals surface area contributed by atoms with Crippen LogP contribution in [-0.4, -0.2) is 16.9 Å². The molecule has 0 bridgehead atoms. The molecule has 22 heavy (non-hydrogen) atoms. The lowest BCUT2D eigenvalue weighted by Crippen LogP contribution is -2.36. The molecule has 0 saturated heterocycles. The Kier molecular flexibility index (Phi) is 5.06. The highest BCUT2D eigenvalue weighted by Gasteiger charge is 2.16. The zero-order valence-corrected chi connectivity index (χ0v) is 13.3. The van der Waals surface area contributed by atoms with Crippen molar-refractivity contribution in [2.75, 3.05) is 0 Å². The van der Waals surface area contributed by atoms with E-state index in [9.17, 15) is 4.79 Å². The number of aromatic nitrogens is 1. The molecule has 0 atom stereocenters. The van der Waals surface area contributed by atoms with Crippen LogP contribution in [0.5, 0.6) is 5.75 Å². The van der Waals surface area contributed by atoms with E-state index in [4.69, 9.17) is 4.74 Å². The number of rotatable bonds is 5. The molecule has 2 aromatic rings. The molecule has 4 nitrogen and oxygen atoms in total. The van der Waals surface area contributed by atoms with Crippen LogP contribution in [0.4, 0.5) is 0 Å². The van der Waals surface area contributed by atoms with Crippen molar-refractivity contribution in [2.24, 2.45) is 0 Å². The van der Waals surface area contributed by atoms with E-state index in [2.05, 4.69) is 10.3 Å². The van der Waals surface area contributed by atoms with Gasteiger partial charge in [-0.05, 0) is 31.0 Å². The first-order valence-corrected chi connectivity index (χ1v) is 8.66. The maximum absolute atomic E-state index is 12.3. The molecule has 1 N–H and O–H groups in total. The third kappa shape index (κ3) is 4.07. The Morgan fingerprint density at radius 1 is 1.32 bits per heavy atom. The van der Waals surface area contributed by atoms with Gasteiger partial charge < -0.3 is 10.1 Å². The molecule has 1 aliphatic rings. The van der Waals surface area contributed by atoms with Crippen LogP contribution in [0.2, 0.25) is 0 Å². The van der Waals surface area contributed by atoms with Crippen LogP contribution < -0.4 is 10.1 Å². The summed E-state index contributed by atoms with van der Waals surface area (Å²) in [6.07, 6.45) is 5.88. The van der Waals surface area contributed by atoms with Crippen molar-refractivity contribution in [3.8, 4) is 5.75 Å². The Hall–Kier alpha value is -1.88. The van der Waals surface area contributed by atoms with Gasteiger partial charge in [0.1, 0.15) is 12.4 Å². The van der Waals surface area contributed by atoms with Crippen molar-refractivity contribution in [1.82, 2.24) is 10.3 Å². The molecule has 0 spiro atoms. The maximum atomic E-state index is 12.3. The van der Waals surface area contributed by atoms with Crippen molar-refractivity contribution in [2.45, 2.75) is 44.8 Å². The third-order valence-electron chi connectivity index (χ3n) is 3.91. The van der Waals surface area contributed by atoms with Gasteiger partial charge in [0.15, 0.2) is 0 Å². The number of thiazole rings is 1. The van der Waals surface area contributed by atoms with Gasteiger partial charge >= 0.3 is 0 Å². The van der Waals surface area contributed by atoms with E-state index in [1.807, 2.05) is 23.6 Å². The zero-order chi connectivity index (χ0) is 15.2. The van der Waals surface area contributed by atoms with Gasteiger partial charge in [-0.15, -0.1) is 11.3 Å². The van der Waals surface area contributed by atoms with Gasteiger partial charge in [-0.25, -0.2) is 4.98 Å². The molecule has 1 aromatic heterocycles. The Labute approximate surface area is 134 Å². The molecular formula is C17H20N2O2S. The lowest BCUT2D eigenvalue weighted by molar-refractivity contribution is 0.0927. The number of nitrogens with one attached hydrogen (secondary N) is 1. The number of amides is 1. The number of carbonyl (C=O) groups is 1. The summed E-state index contributed by atoms with van der Waals surface area (Å²) >= 11 is 1.55. The molecule has 0 radical (unpaired) electrons. The normalized spacial score (nSPS) is 15.5. The first-order valence-electron chi connectivity index (χ1n) is 7.72. The average Bonchev–Trinajstić information content (AvgIpc) is 3.08. The first kappa shape index (κ1) is 15.0. The topological polar surface area (TPSA) is 51.2 Å². The number of hydrogen-bond donors (Lipinski definition) is 1. The van der Waals surface area contributed by atoms with Crippen LogP contribution >= 0.6 is 11.3 Å². The van der Waals surface area contributed by atoms with E-state index < -0.39 is 0 Å². The zero-order valence-electron chi connectivity index (χ0n) is 12.5. The molecule has 5 heteroatoms. The molecule has 1 heterocycles. The summed E-state index contributed by atoms with van der Waals surface area (Å²) in [6.45, 7) is 0.428. The Balaban J connectivity index is 1.58. The fourth-order valence-corrected chi connectivity index (χ4v) is 3.25. The highest BCUT2D eigenvalue weighted by atomic mass is 32.1. The Morgan fingerprint density at radius 2 is 2.18 bits per heavy atom. The van der Waals surface area contributed by atoms with Crippen molar-refractivity contribution in [1.29, 1.82) is 0 Å². The Morgan fingerprint density at radius 3 is 2.95 bits per heavy atom. The van der Waals surface area contributed by atoms with Crippen molar-refractivity contribution < 1.29 is 9.53 Å². The molecular weight excluding hydrogens is 296 g/mol. The average molecular weight is 316 g/mol. The third-order valence-corrected chi connectivity index (χ3v) is 4.54. The summed E-state index contributed by atoms with van der Waals surface area (Å²) in [5.41, 5.74) is 3.34. The molecule has 1 aromatic carbocycles. The summed E-state index contributed by atoms with van der Waals surface area (Å²) in [5, 5.41) is 5.08. The minimum Gasteiger partial charge on any atom is -0.487 e. The van der Waals surface area contributed by atoms with Crippen LogP contribution in [0, 0.1) is 0 Å². The van der Waals surface area contributed by atoms with Crippen molar-refractivity contribution in [3.05, 3.63) is 46.4 Å². The number of carbonyl (C=O) groups excluding carboxylic acids is 1. The van der Waals surface area contributed by atoms with Gasteiger partial charge in [0, 0.05) is 17.0 Å². The summed E-state index contributed by atoms with van der Waals surface area (Å²) in [7, 11) is 0. The minimum absolute atomic E-state index is 0.00833. The highest BCUT2D eigenvalue weighted by Crippen LogP contribution is 2.19. The lowest BCUT2D eigenvalue weighted by Gasteiger charge is -2.22. The maximum Gasteiger partial charge on any atom is 0.251 e. The summed E-state index contributed by atoms with van der Waals surface area (Å²) in [4.78, 5) is 16.5. The summed E-state index contributed by atoms with van der Waals surface area (Å²) < 4.78 is 5.70. The number of ether oxygens (including phenoxy) is 1. The second-order valence-corrected chi connectivity index (χ2v) is 6.32. The standard InChI is InChI=1S/C17H20N2O2S/c20-17(19-14-6-2-1-3-7-14)13-5-4-8-16(9-13)21-10-15-11-22-12-18-15/h4-5,8-9,11-12,14H,1-3,6-7,10H2,(H,19,20). The quantitative estimate of drug-likeness (QED) is 0.913. The summed E-state index contributed by atoms with van der Waals surface area (Å²) in [6, 6.07) is 7.66. The van der Waals surface area contributed by atoms with Crippen molar-refractivity contribution >= 4 is 17.2 Å². The molecule has 1 aliphatic carbocycles. The summed E-state index contributed by atoms with van der Waals surface area (Å²) in [5.74, 6) is 0.690. The molecule has 3 rings (SSSR count). The van der Waals surface area contributed by atoms with E-state index in [1.54, 1.807) is 22.9 Å². The van der Waals surface area contributed by atoms with E-state index in [1.165, 1.54) is 19.3 Å². The monoisotopic (exact) mass is 316 g/mol. The fraction of sp³-hybridized carbons (Fsp3) is 0.412. The van der Waals surface area contributed by atoms with Crippen LogP contribution in [0.3, 0.4) is 0 Å². The number of hydrogen-bond acceptors (Lipinski definition) is 4. The molecule has 0 unspecified atom stereocenters. The smallest absolute Gasteiger partial charge is 0.251 e. The van der Waals surface area contributed by atoms with Gasteiger partial charge in [-0.1, -0.05) is 25.3 Å². The van der Waals surface area contributed by atoms with E-state index in [-0.39, 0.29) is 5.91 Å². The van der Waals surface area contributed by atoms with E-state index in [0.717, 1.165) is 18.5 Å². The van der Waals surface area contributed by atoms with Gasteiger partial charge in [-0.2, -0.15) is 0 Å². The number of benzene rings is 1. The molecule has 1 amide bonds. The second-order valence-electron chi connectivity index (χ2n) is 5.60. The first-order chi connectivity index (χ1) is 10.8. The highest BCUT2D eigenvalue weighted by molar-refractivity contribution is 7.07. The van der Waals surface area contributed by atoms with E-state index in [0.29, 0.717) is 24.0 Å². The molecule has 1 saturated carbocycles. The second kappa shape index (κ2) is 7.40. The van der Waals surface area contributed by atoms with Gasteiger partial charge in [0.25, 0.3) is 5.91 Å². The van der Waals surface area contributed by atoms with Crippen LogP contribution in [0.1, 0.15) is 48.2 Å². The van der Waals surface area contributed by atoms with Crippen LogP contribution in [0.15, 0.2) is 35.2 Å². The van der Waals surface area contributed by atoms with Gasteiger partial charge in [0.2, 0.25) is 0 Å². The van der Waals surface area contributed by atoms with Crippen molar-refractivity contribution in [3.63, 3.8) is 0 Å². The molecule has 1 fully saturated rings. The van der Waals surface area contributed by atoms with Gasteiger partial charge in [-0.3, -0.25) is 4.79 Å². The van der Waals surface area contributed by atoms with Crippen LogP contribution in [-0.2, 0) is 6.61 Å². The lowest BCUT2D eigenvalue weighted by atomic mass is 9.95. The predicted octanol–water partition coefficient (Wildman–Crippen LogP) is 3.78. The largest absolute Gasteiger partial charge is 0.487 e. The minimum atomic E-state index is -0.00833. The fourth-order valence-electron chi connectivity index (χ4n) is 2.71. The molecule has 0 aliphatic heterocycles. The Bertz CT molecular complexity index is 607. The number of nitrogens with zero attached hydrogens (tertiary/aromatic N) is 1. The van der Waals surface area contributed by atoms with E-state index >= 15 is 0 Å². The predicted molar refractivity (Wildman–Crippen MR) is 87.2 cm³/mol. The molecule has 116 valence electrons. The SMILES string of the molecule is O=C(NC1CCCCC1)c1cccc(OCc2cscn2)c1.